The molecule has 1 N–H and O–H groups in total. The fourth-order valence-corrected chi connectivity index (χ4v) is 3.83. The minimum absolute atomic E-state index is 0.00907. The lowest BCUT2D eigenvalue weighted by atomic mass is 10.2. The van der Waals surface area contributed by atoms with Gasteiger partial charge in [-0.3, -0.25) is 0 Å². The fraction of sp³-hybridized carbons (Fsp3) is 0.455. The second-order valence-electron chi connectivity index (χ2n) is 4.23. The summed E-state index contributed by atoms with van der Waals surface area (Å²) in [6.45, 7) is 1.97. The highest BCUT2D eigenvalue weighted by Gasteiger charge is 2.27. The Bertz CT molecular complexity index is 499. The SMILES string of the molecule is Cc1ccc(NC2CCS(=O)(=O)C2)c(Cl)c1. The first-order valence-electron chi connectivity index (χ1n) is 5.19. The van der Waals surface area contributed by atoms with Crippen molar-refractivity contribution in [3.8, 4) is 0 Å². The van der Waals surface area contributed by atoms with Crippen LogP contribution in [0.2, 0.25) is 5.02 Å². The zero-order chi connectivity index (χ0) is 11.8. The van der Waals surface area contributed by atoms with Gasteiger partial charge in [-0.2, -0.15) is 0 Å². The first-order chi connectivity index (χ1) is 7.46. The Balaban J connectivity index is 2.11. The van der Waals surface area contributed by atoms with Gasteiger partial charge < -0.3 is 5.32 Å². The highest BCUT2D eigenvalue weighted by atomic mass is 35.5. The molecule has 88 valence electrons. The summed E-state index contributed by atoms with van der Waals surface area (Å²) in [6, 6.07) is 5.71. The number of anilines is 1. The second kappa shape index (κ2) is 4.26. The molecule has 1 aliphatic rings. The normalized spacial score (nSPS) is 23.2. The van der Waals surface area contributed by atoms with E-state index in [1.54, 1.807) is 0 Å². The Morgan fingerprint density at radius 2 is 2.19 bits per heavy atom. The Morgan fingerprint density at radius 1 is 1.44 bits per heavy atom. The molecule has 0 radical (unpaired) electrons. The van der Waals surface area contributed by atoms with E-state index in [2.05, 4.69) is 5.32 Å². The highest BCUT2D eigenvalue weighted by Crippen LogP contribution is 2.25. The Morgan fingerprint density at radius 3 is 2.75 bits per heavy atom. The fourth-order valence-electron chi connectivity index (χ4n) is 1.87. The summed E-state index contributed by atoms with van der Waals surface area (Å²) < 4.78 is 22.6. The third kappa shape index (κ3) is 2.68. The van der Waals surface area contributed by atoms with Crippen LogP contribution in [-0.4, -0.2) is 26.0 Å². The molecule has 16 heavy (non-hydrogen) atoms. The molecule has 1 fully saturated rings. The lowest BCUT2D eigenvalue weighted by Crippen LogP contribution is -2.20. The maximum Gasteiger partial charge on any atom is 0.152 e. The van der Waals surface area contributed by atoms with Crippen molar-refractivity contribution in [3.05, 3.63) is 28.8 Å². The van der Waals surface area contributed by atoms with E-state index in [1.165, 1.54) is 0 Å². The molecule has 1 atom stereocenters. The molecule has 1 saturated heterocycles. The predicted molar refractivity (Wildman–Crippen MR) is 66.9 cm³/mol. The van der Waals surface area contributed by atoms with Gasteiger partial charge >= 0.3 is 0 Å². The third-order valence-corrected chi connectivity index (χ3v) is 4.80. The number of rotatable bonds is 2. The average molecular weight is 260 g/mol. The van der Waals surface area contributed by atoms with Crippen molar-refractivity contribution in [2.45, 2.75) is 19.4 Å². The van der Waals surface area contributed by atoms with Crippen molar-refractivity contribution in [3.63, 3.8) is 0 Å². The van der Waals surface area contributed by atoms with E-state index in [-0.39, 0.29) is 17.5 Å². The van der Waals surface area contributed by atoms with E-state index in [4.69, 9.17) is 11.6 Å². The van der Waals surface area contributed by atoms with Crippen molar-refractivity contribution in [1.29, 1.82) is 0 Å². The van der Waals surface area contributed by atoms with Gasteiger partial charge in [0.25, 0.3) is 0 Å². The van der Waals surface area contributed by atoms with Gasteiger partial charge in [0, 0.05) is 6.04 Å². The highest BCUT2D eigenvalue weighted by molar-refractivity contribution is 7.91. The van der Waals surface area contributed by atoms with Gasteiger partial charge in [-0.15, -0.1) is 0 Å². The lowest BCUT2D eigenvalue weighted by Gasteiger charge is -2.14. The van der Waals surface area contributed by atoms with Gasteiger partial charge in [-0.25, -0.2) is 8.42 Å². The molecular formula is C11H14ClNO2S. The Kier molecular flexibility index (Phi) is 3.13. The summed E-state index contributed by atoms with van der Waals surface area (Å²) in [5.74, 6) is 0.478. The standard InChI is InChI=1S/C11H14ClNO2S/c1-8-2-3-11(10(12)6-8)13-9-4-5-16(14,15)7-9/h2-3,6,9,13H,4-5,7H2,1H3. The van der Waals surface area contributed by atoms with Crippen LogP contribution >= 0.6 is 11.6 Å². The molecule has 0 bridgehead atoms. The number of sulfone groups is 1. The molecule has 0 amide bonds. The summed E-state index contributed by atoms with van der Waals surface area (Å²) in [4.78, 5) is 0. The molecule has 1 unspecified atom stereocenters. The first kappa shape index (κ1) is 11.7. The Labute approximate surface area is 101 Å². The predicted octanol–water partition coefficient (Wildman–Crippen LogP) is 2.25. The zero-order valence-electron chi connectivity index (χ0n) is 9.03. The molecule has 0 aliphatic carbocycles. The number of hydrogen-bond donors (Lipinski definition) is 1. The van der Waals surface area contributed by atoms with Crippen LogP contribution in [0.15, 0.2) is 18.2 Å². The average Bonchev–Trinajstić information content (AvgIpc) is 2.51. The summed E-state index contributed by atoms with van der Waals surface area (Å²) in [5, 5.41) is 3.82. The van der Waals surface area contributed by atoms with E-state index in [0.29, 0.717) is 11.4 Å². The maximum atomic E-state index is 11.3. The maximum absolute atomic E-state index is 11.3. The number of nitrogens with one attached hydrogen (secondary N) is 1. The van der Waals surface area contributed by atoms with Crippen LogP contribution in [0.5, 0.6) is 0 Å². The van der Waals surface area contributed by atoms with Crippen LogP contribution in [0, 0.1) is 6.92 Å². The van der Waals surface area contributed by atoms with Crippen LogP contribution in [-0.2, 0) is 9.84 Å². The molecule has 0 saturated carbocycles. The van der Waals surface area contributed by atoms with E-state index < -0.39 is 9.84 Å². The molecule has 1 aromatic carbocycles. The minimum Gasteiger partial charge on any atom is -0.380 e. The summed E-state index contributed by atoms with van der Waals surface area (Å²) in [6.07, 6.45) is 0.659. The van der Waals surface area contributed by atoms with Gasteiger partial charge in [-0.1, -0.05) is 17.7 Å². The molecule has 1 heterocycles. The van der Waals surface area contributed by atoms with E-state index in [0.717, 1.165) is 11.3 Å². The van der Waals surface area contributed by atoms with Crippen molar-refractivity contribution in [2.24, 2.45) is 0 Å². The summed E-state index contributed by atoms with van der Waals surface area (Å²) in [5.41, 5.74) is 1.91. The van der Waals surface area contributed by atoms with Crippen molar-refractivity contribution < 1.29 is 8.42 Å². The van der Waals surface area contributed by atoms with Crippen LogP contribution in [0.25, 0.3) is 0 Å². The van der Waals surface area contributed by atoms with Gasteiger partial charge in [0.05, 0.1) is 22.2 Å². The molecule has 5 heteroatoms. The molecule has 0 spiro atoms. The monoisotopic (exact) mass is 259 g/mol. The number of hydrogen-bond acceptors (Lipinski definition) is 3. The lowest BCUT2D eigenvalue weighted by molar-refractivity contribution is 0.602. The second-order valence-corrected chi connectivity index (χ2v) is 6.86. The van der Waals surface area contributed by atoms with E-state index in [1.807, 2.05) is 25.1 Å². The van der Waals surface area contributed by atoms with Gasteiger partial charge in [0.1, 0.15) is 0 Å². The largest absolute Gasteiger partial charge is 0.380 e. The van der Waals surface area contributed by atoms with Gasteiger partial charge in [0.2, 0.25) is 0 Å². The summed E-state index contributed by atoms with van der Waals surface area (Å²) in [7, 11) is -2.84. The first-order valence-corrected chi connectivity index (χ1v) is 7.39. The number of benzene rings is 1. The number of halogens is 1. The molecular weight excluding hydrogens is 246 g/mol. The minimum atomic E-state index is -2.84. The van der Waals surface area contributed by atoms with E-state index >= 15 is 0 Å². The van der Waals surface area contributed by atoms with Gasteiger partial charge in [-0.05, 0) is 31.0 Å². The van der Waals surface area contributed by atoms with Gasteiger partial charge in [0.15, 0.2) is 9.84 Å². The van der Waals surface area contributed by atoms with Crippen molar-refractivity contribution in [2.75, 3.05) is 16.8 Å². The molecule has 0 aromatic heterocycles. The van der Waals surface area contributed by atoms with Crippen LogP contribution in [0.4, 0.5) is 5.69 Å². The molecule has 2 rings (SSSR count). The smallest absolute Gasteiger partial charge is 0.152 e. The molecule has 1 aromatic rings. The number of aryl methyl sites for hydroxylation is 1. The Hall–Kier alpha value is -0.740. The van der Waals surface area contributed by atoms with Crippen LogP contribution in [0.1, 0.15) is 12.0 Å². The summed E-state index contributed by atoms with van der Waals surface area (Å²) >= 11 is 6.07. The molecule has 1 aliphatic heterocycles. The van der Waals surface area contributed by atoms with Crippen LogP contribution < -0.4 is 5.32 Å². The van der Waals surface area contributed by atoms with Crippen molar-refractivity contribution in [1.82, 2.24) is 0 Å². The topological polar surface area (TPSA) is 46.2 Å². The van der Waals surface area contributed by atoms with Crippen molar-refractivity contribution >= 4 is 27.1 Å². The zero-order valence-corrected chi connectivity index (χ0v) is 10.6. The quantitative estimate of drug-likeness (QED) is 0.886. The van der Waals surface area contributed by atoms with E-state index in [9.17, 15) is 8.42 Å². The third-order valence-electron chi connectivity index (χ3n) is 2.72. The molecule has 3 nitrogen and oxygen atoms in total. The van der Waals surface area contributed by atoms with Crippen LogP contribution in [0.3, 0.4) is 0 Å².